The van der Waals surface area contributed by atoms with Crippen LogP contribution in [0.4, 0.5) is 4.79 Å². The largest absolute Gasteiger partial charge is 0.491 e. The molecule has 1 aliphatic heterocycles. The smallest absolute Gasteiger partial charge is 0.331 e. The molecule has 0 aliphatic carbocycles. The zero-order valence-corrected chi connectivity index (χ0v) is 21.6. The number of ether oxygens (including phenoxy) is 1. The van der Waals surface area contributed by atoms with Gasteiger partial charge in [0.15, 0.2) is 0 Å². The number of hydrogen-bond donors (Lipinski definition) is 1. The highest BCUT2D eigenvalue weighted by Gasteiger charge is 2.36. The first-order valence-corrected chi connectivity index (χ1v) is 12.5. The lowest BCUT2D eigenvalue weighted by Gasteiger charge is -2.25. The second-order valence-corrected chi connectivity index (χ2v) is 9.63. The second kappa shape index (κ2) is 10.4. The number of urea groups is 1. The third-order valence-corrected chi connectivity index (χ3v) is 6.58. The number of nitrogens with one attached hydrogen (secondary N) is 1. The zero-order chi connectivity index (χ0) is 26.8. The number of amides is 4. The molecule has 2 aromatic heterocycles. The number of hydrogen-bond acceptors (Lipinski definition) is 5. The first-order chi connectivity index (χ1) is 18.3. The van der Waals surface area contributed by atoms with Crippen molar-refractivity contribution in [3.8, 4) is 5.75 Å². The number of aryl methyl sites for hydroxylation is 1. The lowest BCUT2D eigenvalue weighted by atomic mass is 10.0. The molecular weight excluding hydrogens is 482 g/mol. The number of para-hydroxylation sites is 1. The Bertz CT molecular complexity index is 1550. The lowest BCUT2D eigenvalue weighted by molar-refractivity contribution is -0.130. The van der Waals surface area contributed by atoms with Gasteiger partial charge in [-0.1, -0.05) is 44.2 Å². The summed E-state index contributed by atoms with van der Waals surface area (Å²) in [6.07, 6.45) is 4.90. The van der Waals surface area contributed by atoms with Gasteiger partial charge in [-0.3, -0.25) is 19.8 Å². The van der Waals surface area contributed by atoms with E-state index in [9.17, 15) is 14.4 Å². The maximum absolute atomic E-state index is 13.2. The van der Waals surface area contributed by atoms with Crippen LogP contribution >= 0.6 is 0 Å². The fourth-order valence-corrected chi connectivity index (χ4v) is 4.62. The quantitative estimate of drug-likeness (QED) is 0.252. The van der Waals surface area contributed by atoms with Gasteiger partial charge in [-0.2, -0.15) is 0 Å². The summed E-state index contributed by atoms with van der Waals surface area (Å²) >= 11 is 0. The van der Waals surface area contributed by atoms with Gasteiger partial charge >= 0.3 is 6.03 Å². The van der Waals surface area contributed by atoms with Crippen LogP contribution in [0.15, 0.2) is 77.0 Å². The summed E-state index contributed by atoms with van der Waals surface area (Å²) in [4.78, 5) is 39.2. The van der Waals surface area contributed by atoms with E-state index in [1.807, 2.05) is 42.0 Å². The Hall–Kier alpha value is -4.59. The topological polar surface area (TPSA) is 93.8 Å². The Labute approximate surface area is 220 Å². The molecule has 0 radical (unpaired) electrons. The lowest BCUT2D eigenvalue weighted by Crippen LogP contribution is -2.53. The Kier molecular flexibility index (Phi) is 6.87. The van der Waals surface area contributed by atoms with Gasteiger partial charge in [-0.05, 0) is 54.3 Å². The third-order valence-electron chi connectivity index (χ3n) is 6.58. The minimum Gasteiger partial charge on any atom is -0.491 e. The summed E-state index contributed by atoms with van der Waals surface area (Å²) in [5.74, 6) is 0.264. The number of barbiturate groups is 1. The van der Waals surface area contributed by atoms with E-state index in [1.54, 1.807) is 12.1 Å². The van der Waals surface area contributed by atoms with Gasteiger partial charge in [0.1, 0.15) is 23.7 Å². The normalized spacial score (nSPS) is 15.1. The van der Waals surface area contributed by atoms with Crippen molar-refractivity contribution in [3.05, 3.63) is 95.1 Å². The number of aromatic nitrogens is 1. The number of carbonyl (C=O) groups excluding carboxylic acids is 3. The molecule has 38 heavy (non-hydrogen) atoms. The number of rotatable bonds is 8. The molecule has 3 heterocycles. The van der Waals surface area contributed by atoms with Crippen molar-refractivity contribution in [2.75, 3.05) is 6.61 Å². The van der Waals surface area contributed by atoms with Gasteiger partial charge in [0, 0.05) is 22.7 Å². The molecule has 0 bridgehead atoms. The van der Waals surface area contributed by atoms with Crippen LogP contribution in [0.1, 0.15) is 42.2 Å². The molecule has 8 nitrogen and oxygen atoms in total. The van der Waals surface area contributed by atoms with Gasteiger partial charge in [0.25, 0.3) is 11.8 Å². The minimum absolute atomic E-state index is 0.0707. The van der Waals surface area contributed by atoms with Crippen LogP contribution in [0.3, 0.4) is 0 Å². The van der Waals surface area contributed by atoms with Crippen molar-refractivity contribution >= 4 is 34.8 Å². The molecule has 5 rings (SSSR count). The molecule has 194 valence electrons. The number of furan rings is 1. The van der Waals surface area contributed by atoms with E-state index < -0.39 is 17.8 Å². The number of imide groups is 2. The molecule has 4 amide bonds. The second-order valence-electron chi connectivity index (χ2n) is 9.63. The van der Waals surface area contributed by atoms with Crippen LogP contribution in [0.5, 0.6) is 5.75 Å². The van der Waals surface area contributed by atoms with Gasteiger partial charge in [-0.15, -0.1) is 0 Å². The predicted molar refractivity (Wildman–Crippen MR) is 143 cm³/mol. The van der Waals surface area contributed by atoms with Crippen LogP contribution in [0.25, 0.3) is 17.0 Å². The minimum atomic E-state index is -0.773. The molecule has 4 aromatic rings. The highest BCUT2D eigenvalue weighted by molar-refractivity contribution is 6.31. The van der Waals surface area contributed by atoms with Crippen molar-refractivity contribution in [1.29, 1.82) is 0 Å². The summed E-state index contributed by atoms with van der Waals surface area (Å²) < 4.78 is 13.5. The van der Waals surface area contributed by atoms with E-state index in [0.717, 1.165) is 32.7 Å². The van der Waals surface area contributed by atoms with Gasteiger partial charge in [0.2, 0.25) is 0 Å². The first-order valence-electron chi connectivity index (χ1n) is 12.5. The van der Waals surface area contributed by atoms with Crippen molar-refractivity contribution in [2.45, 2.75) is 39.8 Å². The Balaban J connectivity index is 1.41. The van der Waals surface area contributed by atoms with E-state index in [4.69, 9.17) is 9.15 Å². The highest BCUT2D eigenvalue weighted by Crippen LogP contribution is 2.29. The van der Waals surface area contributed by atoms with Crippen LogP contribution in [0, 0.1) is 6.92 Å². The van der Waals surface area contributed by atoms with Gasteiger partial charge < -0.3 is 13.7 Å². The van der Waals surface area contributed by atoms with Gasteiger partial charge in [-0.25, -0.2) is 4.79 Å². The predicted octanol–water partition coefficient (Wildman–Crippen LogP) is 5.41. The molecule has 1 fully saturated rings. The number of benzene rings is 2. The molecule has 8 heteroatoms. The van der Waals surface area contributed by atoms with E-state index in [-0.39, 0.29) is 12.1 Å². The molecule has 1 aliphatic rings. The zero-order valence-electron chi connectivity index (χ0n) is 21.6. The van der Waals surface area contributed by atoms with Crippen molar-refractivity contribution in [2.24, 2.45) is 0 Å². The SMILES string of the molecule is Cc1ccc(C(C)C)c(OCCn2cc(C=C3C(=O)NC(=O)N(Cc4ccco4)C3=O)c3ccccc32)c1. The number of nitrogens with zero attached hydrogens (tertiary/aromatic N) is 2. The Morgan fingerprint density at radius 2 is 1.87 bits per heavy atom. The molecule has 1 N–H and O–H groups in total. The molecular formula is C30H29N3O5. The first kappa shape index (κ1) is 25.1. The van der Waals surface area contributed by atoms with Crippen molar-refractivity contribution < 1.29 is 23.5 Å². The van der Waals surface area contributed by atoms with Crippen molar-refractivity contribution in [1.82, 2.24) is 14.8 Å². The van der Waals surface area contributed by atoms with E-state index in [0.29, 0.717) is 30.4 Å². The van der Waals surface area contributed by atoms with E-state index >= 15 is 0 Å². The molecule has 0 spiro atoms. The fraction of sp³-hybridized carbons (Fsp3) is 0.233. The highest BCUT2D eigenvalue weighted by atomic mass is 16.5. The molecule has 2 aromatic carbocycles. The molecule has 1 saturated heterocycles. The maximum atomic E-state index is 13.2. The summed E-state index contributed by atoms with van der Waals surface area (Å²) in [7, 11) is 0. The Morgan fingerprint density at radius 3 is 2.63 bits per heavy atom. The summed E-state index contributed by atoms with van der Waals surface area (Å²) in [5.41, 5.74) is 3.83. The fourth-order valence-electron chi connectivity index (χ4n) is 4.62. The van der Waals surface area contributed by atoms with Crippen LogP contribution in [-0.2, 0) is 22.7 Å². The summed E-state index contributed by atoms with van der Waals surface area (Å²) in [6.45, 7) is 7.27. The number of carbonyl (C=O) groups is 3. The molecule has 0 atom stereocenters. The monoisotopic (exact) mass is 511 g/mol. The van der Waals surface area contributed by atoms with E-state index in [2.05, 4.69) is 37.4 Å². The van der Waals surface area contributed by atoms with Crippen LogP contribution in [-0.4, -0.2) is 33.9 Å². The number of fused-ring (bicyclic) bond motifs is 1. The summed E-state index contributed by atoms with van der Waals surface area (Å²) in [6, 6.07) is 16.6. The van der Waals surface area contributed by atoms with Gasteiger partial charge in [0.05, 0.1) is 19.4 Å². The maximum Gasteiger partial charge on any atom is 0.331 e. The average Bonchev–Trinajstić information content (AvgIpc) is 3.52. The van der Waals surface area contributed by atoms with Crippen LogP contribution in [0.2, 0.25) is 0 Å². The third kappa shape index (κ3) is 4.98. The van der Waals surface area contributed by atoms with E-state index in [1.165, 1.54) is 12.3 Å². The molecule has 0 saturated carbocycles. The standard InChI is InChI=1S/C30H29N3O5/c1-19(2)23-11-10-20(3)15-27(23)38-14-12-32-17-21(24-8-4-5-9-26(24)32)16-25-28(34)31-30(36)33(29(25)35)18-22-7-6-13-37-22/h4-11,13,15-17,19H,12,14,18H2,1-3H3,(H,31,34,36). The summed E-state index contributed by atoms with van der Waals surface area (Å²) in [5, 5.41) is 3.14. The molecule has 0 unspecified atom stereocenters. The van der Waals surface area contributed by atoms with Crippen LogP contribution < -0.4 is 10.1 Å². The Morgan fingerprint density at radius 1 is 1.05 bits per heavy atom. The average molecular weight is 512 g/mol. The van der Waals surface area contributed by atoms with Crippen molar-refractivity contribution in [3.63, 3.8) is 0 Å².